The van der Waals surface area contributed by atoms with Gasteiger partial charge in [-0.1, -0.05) is 42.2 Å². The molecular weight excluding hydrogens is 306 g/mol. The minimum Gasteiger partial charge on any atom is -0.507 e. The van der Waals surface area contributed by atoms with Crippen LogP contribution in [0.25, 0.3) is 6.08 Å². The molecule has 3 rings (SSSR count). The van der Waals surface area contributed by atoms with Crippen molar-refractivity contribution in [3.05, 3.63) is 34.7 Å². The molecule has 2 heterocycles. The Hall–Kier alpha value is -1.37. The molecule has 0 bridgehead atoms. The van der Waals surface area contributed by atoms with Gasteiger partial charge in [0.15, 0.2) is 0 Å². The fourth-order valence-corrected chi connectivity index (χ4v) is 3.67. The van der Waals surface area contributed by atoms with Crippen molar-refractivity contribution < 1.29 is 14.6 Å². The molecule has 0 radical (unpaired) electrons. The van der Waals surface area contributed by atoms with Crippen molar-refractivity contribution >= 4 is 40.3 Å². The minimum absolute atomic E-state index is 0.0805. The summed E-state index contributed by atoms with van der Waals surface area (Å²) in [6.45, 7) is 1.27. The van der Waals surface area contributed by atoms with Crippen LogP contribution in [-0.2, 0) is 9.53 Å². The van der Waals surface area contributed by atoms with Gasteiger partial charge in [0.25, 0.3) is 5.91 Å². The highest BCUT2D eigenvalue weighted by atomic mass is 32.2. The highest BCUT2D eigenvalue weighted by Crippen LogP contribution is 2.34. The third-order valence-electron chi connectivity index (χ3n) is 3.51. The van der Waals surface area contributed by atoms with Crippen LogP contribution in [0.1, 0.15) is 18.4 Å². The Kier molecular flexibility index (Phi) is 4.28. The summed E-state index contributed by atoms with van der Waals surface area (Å²) >= 11 is 6.56. The Bertz CT molecular complexity index is 609. The van der Waals surface area contributed by atoms with Crippen LogP contribution >= 0.6 is 24.0 Å². The fraction of sp³-hybridized carbons (Fsp3) is 0.333. The monoisotopic (exact) mass is 321 g/mol. The van der Waals surface area contributed by atoms with Crippen molar-refractivity contribution in [1.82, 2.24) is 4.90 Å². The first-order valence-corrected chi connectivity index (χ1v) is 8.02. The highest BCUT2D eigenvalue weighted by Gasteiger charge is 2.34. The molecule has 2 saturated heterocycles. The average Bonchev–Trinajstić information content (AvgIpc) is 3.06. The van der Waals surface area contributed by atoms with E-state index in [2.05, 4.69) is 0 Å². The van der Waals surface area contributed by atoms with Crippen LogP contribution in [0.4, 0.5) is 0 Å². The van der Waals surface area contributed by atoms with Crippen LogP contribution in [0.2, 0.25) is 0 Å². The third kappa shape index (κ3) is 3.12. The van der Waals surface area contributed by atoms with E-state index in [1.54, 1.807) is 29.2 Å². The summed E-state index contributed by atoms with van der Waals surface area (Å²) in [5.41, 5.74) is 0.620. The number of aromatic hydroxyl groups is 1. The van der Waals surface area contributed by atoms with Crippen LogP contribution < -0.4 is 0 Å². The van der Waals surface area contributed by atoms with Crippen molar-refractivity contribution in [2.45, 2.75) is 18.9 Å². The maximum absolute atomic E-state index is 12.4. The summed E-state index contributed by atoms with van der Waals surface area (Å²) < 4.78 is 6.11. The van der Waals surface area contributed by atoms with E-state index in [9.17, 15) is 9.90 Å². The van der Waals surface area contributed by atoms with Crippen LogP contribution in [0.3, 0.4) is 0 Å². The predicted molar refractivity (Wildman–Crippen MR) is 87.0 cm³/mol. The van der Waals surface area contributed by atoms with E-state index in [4.69, 9.17) is 17.0 Å². The molecule has 2 fully saturated rings. The molecule has 0 aromatic heterocycles. The normalized spacial score (nSPS) is 24.3. The molecule has 6 heteroatoms. The Morgan fingerprint density at radius 3 is 3.00 bits per heavy atom. The van der Waals surface area contributed by atoms with Crippen molar-refractivity contribution in [1.29, 1.82) is 0 Å². The lowest BCUT2D eigenvalue weighted by molar-refractivity contribution is -0.123. The molecule has 2 aliphatic heterocycles. The van der Waals surface area contributed by atoms with Gasteiger partial charge in [-0.3, -0.25) is 9.69 Å². The lowest BCUT2D eigenvalue weighted by Gasteiger charge is -2.18. The summed E-state index contributed by atoms with van der Waals surface area (Å²) in [6.07, 6.45) is 3.77. The second-order valence-corrected chi connectivity index (χ2v) is 6.66. The number of rotatable bonds is 3. The largest absolute Gasteiger partial charge is 0.507 e. The zero-order valence-electron chi connectivity index (χ0n) is 11.3. The lowest BCUT2D eigenvalue weighted by Crippen LogP contribution is -2.35. The molecule has 2 aliphatic rings. The molecule has 0 saturated carbocycles. The summed E-state index contributed by atoms with van der Waals surface area (Å²) in [5.74, 6) is 0.0469. The van der Waals surface area contributed by atoms with E-state index >= 15 is 0 Å². The van der Waals surface area contributed by atoms with E-state index in [0.29, 0.717) is 21.3 Å². The molecule has 0 spiro atoms. The number of phenolic OH excluding ortho intramolecular Hbond substituents is 1. The van der Waals surface area contributed by atoms with Crippen LogP contribution in [-0.4, -0.2) is 39.5 Å². The zero-order chi connectivity index (χ0) is 14.8. The first-order chi connectivity index (χ1) is 10.1. The number of hydrogen-bond acceptors (Lipinski definition) is 5. The first-order valence-electron chi connectivity index (χ1n) is 6.80. The number of thiocarbonyl (C=S) groups is 1. The van der Waals surface area contributed by atoms with Crippen molar-refractivity contribution in [3.63, 3.8) is 0 Å². The van der Waals surface area contributed by atoms with Crippen LogP contribution in [0.5, 0.6) is 5.75 Å². The highest BCUT2D eigenvalue weighted by molar-refractivity contribution is 8.26. The van der Waals surface area contributed by atoms with E-state index in [-0.39, 0.29) is 17.8 Å². The van der Waals surface area contributed by atoms with Crippen LogP contribution in [0.15, 0.2) is 29.2 Å². The van der Waals surface area contributed by atoms with Gasteiger partial charge in [0.05, 0.1) is 17.6 Å². The van der Waals surface area contributed by atoms with Gasteiger partial charge in [-0.15, -0.1) is 0 Å². The zero-order valence-corrected chi connectivity index (χ0v) is 13.0. The van der Waals surface area contributed by atoms with Crippen molar-refractivity contribution in [3.8, 4) is 5.75 Å². The number of carbonyl (C=O) groups is 1. The Morgan fingerprint density at radius 1 is 1.48 bits per heavy atom. The summed E-state index contributed by atoms with van der Waals surface area (Å²) in [7, 11) is 0. The van der Waals surface area contributed by atoms with Gasteiger partial charge in [-0.25, -0.2) is 0 Å². The Morgan fingerprint density at radius 2 is 2.29 bits per heavy atom. The van der Waals surface area contributed by atoms with Gasteiger partial charge in [-0.2, -0.15) is 0 Å². The summed E-state index contributed by atoms with van der Waals surface area (Å²) in [4.78, 5) is 14.6. The smallest absolute Gasteiger partial charge is 0.266 e. The van der Waals surface area contributed by atoms with Gasteiger partial charge in [-0.05, 0) is 25.0 Å². The SMILES string of the molecule is O=C1C(=Cc2ccccc2O)SC(=S)N1CC1CCCO1. The number of nitrogens with zero attached hydrogens (tertiary/aromatic N) is 1. The number of para-hydroxylation sites is 1. The third-order valence-corrected chi connectivity index (χ3v) is 4.88. The number of thioether (sulfide) groups is 1. The number of ether oxygens (including phenoxy) is 1. The molecular formula is C15H15NO3S2. The molecule has 1 amide bonds. The van der Waals surface area contributed by atoms with Crippen molar-refractivity contribution in [2.75, 3.05) is 13.2 Å². The van der Waals surface area contributed by atoms with Gasteiger partial charge < -0.3 is 9.84 Å². The number of carbonyl (C=O) groups excluding carboxylic acids is 1. The second-order valence-electron chi connectivity index (χ2n) is 4.99. The first kappa shape index (κ1) is 14.6. The maximum Gasteiger partial charge on any atom is 0.266 e. The number of benzene rings is 1. The average molecular weight is 321 g/mol. The number of amides is 1. The van der Waals surface area contributed by atoms with Crippen molar-refractivity contribution in [2.24, 2.45) is 0 Å². The molecule has 1 atom stereocenters. The molecule has 1 aromatic carbocycles. The fourth-order valence-electron chi connectivity index (χ4n) is 2.40. The standard InChI is InChI=1S/C15H15NO3S2/c17-12-6-2-1-4-10(12)8-13-14(18)16(15(20)21-13)9-11-5-3-7-19-11/h1-2,4,6,8,11,17H,3,5,7,9H2. The molecule has 0 aliphatic carbocycles. The predicted octanol–water partition coefficient (Wildman–Crippen LogP) is 2.77. The van der Waals surface area contributed by atoms with Gasteiger partial charge in [0.2, 0.25) is 0 Å². The maximum atomic E-state index is 12.4. The molecule has 21 heavy (non-hydrogen) atoms. The second kappa shape index (κ2) is 6.17. The molecule has 4 nitrogen and oxygen atoms in total. The van der Waals surface area contributed by atoms with E-state index < -0.39 is 0 Å². The minimum atomic E-state index is -0.108. The van der Waals surface area contributed by atoms with E-state index in [1.807, 2.05) is 6.07 Å². The van der Waals surface area contributed by atoms with Gasteiger partial charge in [0, 0.05) is 12.2 Å². The topological polar surface area (TPSA) is 49.8 Å². The number of hydrogen-bond donors (Lipinski definition) is 1. The lowest BCUT2D eigenvalue weighted by atomic mass is 10.2. The van der Waals surface area contributed by atoms with Gasteiger partial charge >= 0.3 is 0 Å². The number of phenols is 1. The van der Waals surface area contributed by atoms with Crippen LogP contribution in [0, 0.1) is 0 Å². The molecule has 1 unspecified atom stereocenters. The van der Waals surface area contributed by atoms with E-state index in [0.717, 1.165) is 19.4 Å². The molecule has 1 N–H and O–H groups in total. The molecule has 110 valence electrons. The quantitative estimate of drug-likeness (QED) is 0.685. The van der Waals surface area contributed by atoms with Gasteiger partial charge in [0.1, 0.15) is 10.1 Å². The Balaban J connectivity index is 1.78. The summed E-state index contributed by atoms with van der Waals surface area (Å²) in [5, 5.41) is 9.79. The Labute approximate surface area is 132 Å². The molecule has 1 aromatic rings. The summed E-state index contributed by atoms with van der Waals surface area (Å²) in [6, 6.07) is 6.93. The van der Waals surface area contributed by atoms with E-state index in [1.165, 1.54) is 11.8 Å².